The van der Waals surface area contributed by atoms with Crippen LogP contribution < -0.4 is 19.1 Å². The quantitative estimate of drug-likeness (QED) is 0.384. The summed E-state index contributed by atoms with van der Waals surface area (Å²) in [4.78, 5) is 17.8. The normalized spacial score (nSPS) is 14.7. The standard InChI is InChI=1S/C27H38N2O7/c1-29(25-12-8-9-13-28-25)27(30)36-19-22(31-2)18-34-16-21-14-23(32-3)26(24(15-21)33-4)35-17-20-10-6-5-7-11-20/h8-9,12-15,20,22H,5-7,10-11,16-19H2,1-4H3. The van der Waals surface area contributed by atoms with Crippen LogP contribution in [-0.2, 0) is 20.8 Å². The summed E-state index contributed by atoms with van der Waals surface area (Å²) in [6.45, 7) is 1.25. The molecule has 1 unspecified atom stereocenters. The molecule has 36 heavy (non-hydrogen) atoms. The van der Waals surface area contributed by atoms with Crippen molar-refractivity contribution < 1.29 is 33.2 Å². The van der Waals surface area contributed by atoms with E-state index < -0.39 is 12.2 Å². The molecule has 0 radical (unpaired) electrons. The minimum Gasteiger partial charge on any atom is -0.493 e. The van der Waals surface area contributed by atoms with Crippen molar-refractivity contribution in [2.75, 3.05) is 53.1 Å². The Bertz CT molecular complexity index is 910. The van der Waals surface area contributed by atoms with Crippen molar-refractivity contribution in [1.82, 2.24) is 4.98 Å². The average Bonchev–Trinajstić information content (AvgIpc) is 2.93. The number of amides is 1. The second-order valence-electron chi connectivity index (χ2n) is 8.84. The Hall–Kier alpha value is -3.04. The molecule has 1 aromatic carbocycles. The fraction of sp³-hybridized carbons (Fsp3) is 0.556. The van der Waals surface area contributed by atoms with Gasteiger partial charge in [0.1, 0.15) is 18.5 Å². The lowest BCUT2D eigenvalue weighted by molar-refractivity contribution is -0.0278. The van der Waals surface area contributed by atoms with Crippen LogP contribution >= 0.6 is 0 Å². The van der Waals surface area contributed by atoms with Gasteiger partial charge in [0, 0.05) is 20.4 Å². The third-order valence-electron chi connectivity index (χ3n) is 6.27. The Balaban J connectivity index is 1.50. The van der Waals surface area contributed by atoms with Crippen LogP contribution in [0.5, 0.6) is 17.2 Å². The second kappa shape index (κ2) is 14.5. The SMILES string of the molecule is COc1cc(COCC(COC(=O)N(C)c2ccccn2)OC)cc(OC)c1OCC1CCCCC1. The molecule has 1 aliphatic rings. The third kappa shape index (κ3) is 7.99. The maximum atomic E-state index is 12.3. The van der Waals surface area contributed by atoms with Gasteiger partial charge in [-0.1, -0.05) is 25.3 Å². The molecule has 9 heteroatoms. The van der Waals surface area contributed by atoms with Gasteiger partial charge in [0.2, 0.25) is 5.75 Å². The van der Waals surface area contributed by atoms with E-state index in [4.69, 9.17) is 28.4 Å². The number of methoxy groups -OCH3 is 3. The van der Waals surface area contributed by atoms with Crippen molar-refractivity contribution in [2.24, 2.45) is 5.92 Å². The summed E-state index contributed by atoms with van der Waals surface area (Å²) in [7, 11) is 6.38. The first-order valence-corrected chi connectivity index (χ1v) is 12.4. The number of ether oxygens (including phenoxy) is 6. The average molecular weight is 503 g/mol. The van der Waals surface area contributed by atoms with Gasteiger partial charge in [0.25, 0.3) is 0 Å². The van der Waals surface area contributed by atoms with Gasteiger partial charge in [0.05, 0.1) is 34.0 Å². The van der Waals surface area contributed by atoms with Crippen LogP contribution in [0.2, 0.25) is 0 Å². The third-order valence-corrected chi connectivity index (χ3v) is 6.27. The molecule has 0 aliphatic heterocycles. The van der Waals surface area contributed by atoms with Gasteiger partial charge in [-0.15, -0.1) is 0 Å². The van der Waals surface area contributed by atoms with Crippen LogP contribution in [0.25, 0.3) is 0 Å². The number of benzene rings is 1. The first-order valence-electron chi connectivity index (χ1n) is 12.4. The Labute approximate surface area is 213 Å². The van der Waals surface area contributed by atoms with Crippen molar-refractivity contribution >= 4 is 11.9 Å². The number of anilines is 1. The van der Waals surface area contributed by atoms with Crippen LogP contribution in [0.4, 0.5) is 10.6 Å². The summed E-state index contributed by atoms with van der Waals surface area (Å²) >= 11 is 0. The Morgan fingerprint density at radius 2 is 1.78 bits per heavy atom. The summed E-state index contributed by atoms with van der Waals surface area (Å²) in [5.74, 6) is 2.91. The number of nitrogens with zero attached hydrogens (tertiary/aromatic N) is 2. The zero-order valence-electron chi connectivity index (χ0n) is 21.7. The minimum atomic E-state index is -0.519. The smallest absolute Gasteiger partial charge is 0.415 e. The predicted octanol–water partition coefficient (Wildman–Crippen LogP) is 4.86. The highest BCUT2D eigenvalue weighted by Gasteiger charge is 2.20. The molecule has 1 amide bonds. The summed E-state index contributed by atoms with van der Waals surface area (Å²) in [5.41, 5.74) is 0.871. The highest BCUT2D eigenvalue weighted by Crippen LogP contribution is 2.39. The van der Waals surface area contributed by atoms with E-state index in [2.05, 4.69) is 4.98 Å². The molecule has 0 saturated heterocycles. The fourth-order valence-electron chi connectivity index (χ4n) is 4.11. The summed E-state index contributed by atoms with van der Waals surface area (Å²) < 4.78 is 34.0. The zero-order valence-corrected chi connectivity index (χ0v) is 21.7. The van der Waals surface area contributed by atoms with E-state index >= 15 is 0 Å². The highest BCUT2D eigenvalue weighted by molar-refractivity contribution is 5.85. The number of aromatic nitrogens is 1. The molecule has 0 spiro atoms. The molecule has 1 heterocycles. The summed E-state index contributed by atoms with van der Waals surface area (Å²) in [5, 5.41) is 0. The lowest BCUT2D eigenvalue weighted by atomic mass is 9.90. The molecule has 0 bridgehead atoms. The van der Waals surface area contributed by atoms with Crippen LogP contribution in [0.3, 0.4) is 0 Å². The van der Waals surface area contributed by atoms with E-state index in [0.717, 1.165) is 5.56 Å². The molecular weight excluding hydrogens is 464 g/mol. The maximum Gasteiger partial charge on any atom is 0.415 e. The molecular formula is C27H38N2O7. The van der Waals surface area contributed by atoms with E-state index in [1.165, 1.54) is 37.0 Å². The maximum absolute atomic E-state index is 12.3. The summed E-state index contributed by atoms with van der Waals surface area (Å²) in [6, 6.07) is 9.10. The van der Waals surface area contributed by atoms with Gasteiger partial charge < -0.3 is 28.4 Å². The van der Waals surface area contributed by atoms with Crippen molar-refractivity contribution in [1.29, 1.82) is 0 Å². The number of carbonyl (C=O) groups excluding carboxylic acids is 1. The lowest BCUT2D eigenvalue weighted by Crippen LogP contribution is -2.32. The van der Waals surface area contributed by atoms with Crippen molar-refractivity contribution in [2.45, 2.75) is 44.8 Å². The predicted molar refractivity (Wildman–Crippen MR) is 136 cm³/mol. The number of carbonyl (C=O) groups is 1. The second-order valence-corrected chi connectivity index (χ2v) is 8.84. The van der Waals surface area contributed by atoms with E-state index in [-0.39, 0.29) is 13.2 Å². The lowest BCUT2D eigenvalue weighted by Gasteiger charge is -2.23. The number of hydrogen-bond donors (Lipinski definition) is 0. The number of hydrogen-bond acceptors (Lipinski definition) is 8. The fourth-order valence-corrected chi connectivity index (χ4v) is 4.11. The molecule has 1 aromatic heterocycles. The van der Waals surface area contributed by atoms with Crippen molar-refractivity contribution in [3.8, 4) is 17.2 Å². The number of pyridine rings is 1. The highest BCUT2D eigenvalue weighted by atomic mass is 16.6. The Morgan fingerprint density at radius 3 is 2.39 bits per heavy atom. The van der Waals surface area contributed by atoms with Gasteiger partial charge in [-0.2, -0.15) is 0 Å². The van der Waals surface area contributed by atoms with E-state index in [1.54, 1.807) is 52.8 Å². The van der Waals surface area contributed by atoms with Crippen molar-refractivity contribution in [3.63, 3.8) is 0 Å². The molecule has 3 rings (SSSR count). The van der Waals surface area contributed by atoms with E-state index in [9.17, 15) is 4.79 Å². The van der Waals surface area contributed by atoms with E-state index in [0.29, 0.717) is 42.2 Å². The largest absolute Gasteiger partial charge is 0.493 e. The molecule has 1 fully saturated rings. The van der Waals surface area contributed by atoms with Gasteiger partial charge >= 0.3 is 6.09 Å². The summed E-state index contributed by atoms with van der Waals surface area (Å²) in [6.07, 6.45) is 6.92. The van der Waals surface area contributed by atoms with Gasteiger partial charge in [-0.25, -0.2) is 9.78 Å². The number of rotatable bonds is 13. The topological polar surface area (TPSA) is 88.6 Å². The van der Waals surface area contributed by atoms with Crippen LogP contribution in [0.15, 0.2) is 36.5 Å². The molecule has 0 N–H and O–H groups in total. The van der Waals surface area contributed by atoms with Gasteiger partial charge in [-0.3, -0.25) is 4.90 Å². The zero-order chi connectivity index (χ0) is 25.8. The Kier molecular flexibility index (Phi) is 11.1. The van der Waals surface area contributed by atoms with Crippen LogP contribution in [-0.4, -0.2) is 65.4 Å². The molecule has 198 valence electrons. The van der Waals surface area contributed by atoms with Gasteiger partial charge in [0.15, 0.2) is 11.5 Å². The van der Waals surface area contributed by atoms with Crippen LogP contribution in [0, 0.1) is 5.92 Å². The van der Waals surface area contributed by atoms with Gasteiger partial charge in [-0.05, 0) is 48.6 Å². The molecule has 1 atom stereocenters. The first-order chi connectivity index (χ1) is 17.5. The molecule has 2 aromatic rings. The molecule has 1 aliphatic carbocycles. The van der Waals surface area contributed by atoms with Crippen molar-refractivity contribution in [3.05, 3.63) is 42.1 Å². The Morgan fingerprint density at radius 1 is 1.06 bits per heavy atom. The molecule has 9 nitrogen and oxygen atoms in total. The van der Waals surface area contributed by atoms with Crippen LogP contribution in [0.1, 0.15) is 37.7 Å². The minimum absolute atomic E-state index is 0.0487. The monoisotopic (exact) mass is 502 g/mol. The molecule has 1 saturated carbocycles. The van der Waals surface area contributed by atoms with E-state index in [1.807, 2.05) is 12.1 Å². The first kappa shape index (κ1) is 27.5.